The Hall–Kier alpha value is -1.49. The summed E-state index contributed by atoms with van der Waals surface area (Å²) in [7, 11) is 2.15. The molecule has 5 nitrogen and oxygen atoms in total. The van der Waals surface area contributed by atoms with Crippen molar-refractivity contribution in [2.45, 2.75) is 32.2 Å². The summed E-state index contributed by atoms with van der Waals surface area (Å²) < 4.78 is 0. The minimum Gasteiger partial charge on any atom is -0.352 e. The van der Waals surface area contributed by atoms with Gasteiger partial charge in [0.2, 0.25) is 0 Å². The molecular weight excluding hydrogens is 228 g/mol. The Bertz CT molecular complexity index is 421. The van der Waals surface area contributed by atoms with E-state index in [-0.39, 0.29) is 5.91 Å². The summed E-state index contributed by atoms with van der Waals surface area (Å²) in [6, 6.07) is 0.610. The fourth-order valence-corrected chi connectivity index (χ4v) is 2.41. The van der Waals surface area contributed by atoms with E-state index >= 15 is 0 Å². The van der Waals surface area contributed by atoms with Crippen LogP contribution in [0.15, 0.2) is 12.5 Å². The molecule has 0 bridgehead atoms. The first-order valence-corrected chi connectivity index (χ1v) is 6.43. The number of carbonyl (C=O) groups excluding carboxylic acids is 1. The van der Waals surface area contributed by atoms with E-state index in [0.29, 0.717) is 18.2 Å². The van der Waals surface area contributed by atoms with Crippen LogP contribution in [0.4, 0.5) is 0 Å². The van der Waals surface area contributed by atoms with Gasteiger partial charge < -0.3 is 10.2 Å². The van der Waals surface area contributed by atoms with E-state index in [1.54, 1.807) is 6.20 Å². The molecule has 1 aromatic rings. The van der Waals surface area contributed by atoms with Gasteiger partial charge in [-0.05, 0) is 39.8 Å². The fraction of sp³-hybridized carbons (Fsp3) is 0.615. The van der Waals surface area contributed by atoms with E-state index < -0.39 is 0 Å². The number of amides is 1. The number of hydrogen-bond donors (Lipinski definition) is 1. The summed E-state index contributed by atoms with van der Waals surface area (Å²) in [5.41, 5.74) is 1.29. The maximum Gasteiger partial charge on any atom is 0.254 e. The van der Waals surface area contributed by atoms with Crippen LogP contribution in [0.5, 0.6) is 0 Å². The van der Waals surface area contributed by atoms with Gasteiger partial charge in [0.25, 0.3) is 5.91 Å². The molecule has 2 heterocycles. The van der Waals surface area contributed by atoms with Gasteiger partial charge in [-0.3, -0.25) is 4.79 Å². The third-order valence-corrected chi connectivity index (χ3v) is 3.59. The Morgan fingerprint density at radius 1 is 1.61 bits per heavy atom. The lowest BCUT2D eigenvalue weighted by Crippen LogP contribution is -2.32. The maximum atomic E-state index is 11.9. The molecule has 1 aromatic heterocycles. The van der Waals surface area contributed by atoms with Crippen LogP contribution in [0.25, 0.3) is 0 Å². The summed E-state index contributed by atoms with van der Waals surface area (Å²) in [6.45, 7) is 3.70. The summed E-state index contributed by atoms with van der Waals surface area (Å²) in [6.07, 6.45) is 6.54. The van der Waals surface area contributed by atoms with Crippen LogP contribution in [-0.2, 0) is 0 Å². The van der Waals surface area contributed by atoms with Crippen LogP contribution in [0, 0.1) is 6.92 Å². The Morgan fingerprint density at radius 2 is 2.44 bits per heavy atom. The van der Waals surface area contributed by atoms with Crippen LogP contribution < -0.4 is 5.32 Å². The third-order valence-electron chi connectivity index (χ3n) is 3.59. The van der Waals surface area contributed by atoms with Crippen molar-refractivity contribution in [3.05, 3.63) is 23.8 Å². The van der Waals surface area contributed by atoms with Crippen LogP contribution in [0.2, 0.25) is 0 Å². The molecule has 18 heavy (non-hydrogen) atoms. The monoisotopic (exact) mass is 248 g/mol. The van der Waals surface area contributed by atoms with Gasteiger partial charge in [0.15, 0.2) is 0 Å². The van der Waals surface area contributed by atoms with Gasteiger partial charge in [-0.1, -0.05) is 0 Å². The van der Waals surface area contributed by atoms with Gasteiger partial charge in [-0.25, -0.2) is 9.97 Å². The van der Waals surface area contributed by atoms with E-state index in [9.17, 15) is 4.79 Å². The van der Waals surface area contributed by atoms with E-state index in [1.807, 2.05) is 6.92 Å². The summed E-state index contributed by atoms with van der Waals surface area (Å²) in [5.74, 6) is -0.0752. The number of carbonyl (C=O) groups is 1. The van der Waals surface area contributed by atoms with E-state index in [4.69, 9.17) is 0 Å². The average Bonchev–Trinajstić information content (AvgIpc) is 2.75. The molecule has 1 saturated heterocycles. The Morgan fingerprint density at radius 3 is 3.11 bits per heavy atom. The summed E-state index contributed by atoms with van der Waals surface area (Å²) in [5, 5.41) is 2.94. The molecule has 1 aliphatic heterocycles. The van der Waals surface area contributed by atoms with Crippen molar-refractivity contribution in [2.24, 2.45) is 0 Å². The Labute approximate surface area is 108 Å². The van der Waals surface area contributed by atoms with E-state index in [0.717, 1.165) is 12.1 Å². The first-order valence-electron chi connectivity index (χ1n) is 6.43. The van der Waals surface area contributed by atoms with Crippen molar-refractivity contribution in [3.8, 4) is 0 Å². The largest absolute Gasteiger partial charge is 0.352 e. The normalized spacial score (nSPS) is 20.0. The average molecular weight is 248 g/mol. The third kappa shape index (κ3) is 3.04. The first-order chi connectivity index (χ1) is 8.68. The van der Waals surface area contributed by atoms with Crippen molar-refractivity contribution in [1.29, 1.82) is 0 Å². The second-order valence-corrected chi connectivity index (χ2v) is 4.84. The second kappa shape index (κ2) is 5.91. The number of hydrogen-bond acceptors (Lipinski definition) is 4. The van der Waals surface area contributed by atoms with Crippen LogP contribution >= 0.6 is 0 Å². The lowest BCUT2D eigenvalue weighted by molar-refractivity contribution is 0.0949. The van der Waals surface area contributed by atoms with E-state index in [1.165, 1.54) is 25.7 Å². The molecule has 0 aromatic carbocycles. The van der Waals surface area contributed by atoms with Crippen LogP contribution in [0.1, 0.15) is 35.3 Å². The Balaban J connectivity index is 1.80. The van der Waals surface area contributed by atoms with Gasteiger partial charge in [-0.15, -0.1) is 0 Å². The molecule has 1 aliphatic rings. The fourth-order valence-electron chi connectivity index (χ4n) is 2.41. The molecule has 0 radical (unpaired) electrons. The van der Waals surface area contributed by atoms with Gasteiger partial charge >= 0.3 is 0 Å². The lowest BCUT2D eigenvalue weighted by Gasteiger charge is -2.19. The Kier molecular flexibility index (Phi) is 4.25. The SMILES string of the molecule is Cc1ncncc1C(=O)NCC[C@@H]1CCCN1C. The maximum absolute atomic E-state index is 11.9. The topological polar surface area (TPSA) is 58.1 Å². The number of nitrogens with one attached hydrogen (secondary N) is 1. The number of rotatable bonds is 4. The second-order valence-electron chi connectivity index (χ2n) is 4.84. The molecule has 1 amide bonds. The molecule has 1 atom stereocenters. The van der Waals surface area contributed by atoms with Gasteiger partial charge in [0.1, 0.15) is 6.33 Å². The first kappa shape index (κ1) is 13.0. The highest BCUT2D eigenvalue weighted by Gasteiger charge is 2.20. The highest BCUT2D eigenvalue weighted by atomic mass is 16.1. The predicted molar refractivity (Wildman–Crippen MR) is 69.4 cm³/mol. The molecule has 1 fully saturated rings. The number of likely N-dealkylation sites (tertiary alicyclic amines) is 1. The lowest BCUT2D eigenvalue weighted by atomic mass is 10.1. The number of nitrogens with zero attached hydrogens (tertiary/aromatic N) is 3. The number of aromatic nitrogens is 2. The minimum atomic E-state index is -0.0752. The molecule has 98 valence electrons. The zero-order valence-electron chi connectivity index (χ0n) is 11.0. The minimum absolute atomic E-state index is 0.0752. The smallest absolute Gasteiger partial charge is 0.254 e. The van der Waals surface area contributed by atoms with Crippen molar-refractivity contribution < 1.29 is 4.79 Å². The van der Waals surface area contributed by atoms with E-state index in [2.05, 4.69) is 27.2 Å². The molecule has 0 spiro atoms. The standard InChI is InChI=1S/C13H20N4O/c1-10-12(8-14-9-16-10)13(18)15-6-5-11-4-3-7-17(11)2/h8-9,11H,3-7H2,1-2H3,(H,15,18)/t11-/m0/s1. The van der Waals surface area contributed by atoms with Gasteiger partial charge in [0.05, 0.1) is 11.3 Å². The van der Waals surface area contributed by atoms with Gasteiger partial charge in [-0.2, -0.15) is 0 Å². The van der Waals surface area contributed by atoms with Gasteiger partial charge in [0, 0.05) is 18.8 Å². The zero-order chi connectivity index (χ0) is 13.0. The van der Waals surface area contributed by atoms with Crippen molar-refractivity contribution >= 4 is 5.91 Å². The quantitative estimate of drug-likeness (QED) is 0.863. The molecule has 5 heteroatoms. The van der Waals surface area contributed by atoms with Crippen molar-refractivity contribution in [1.82, 2.24) is 20.2 Å². The molecular formula is C13H20N4O. The van der Waals surface area contributed by atoms with Crippen molar-refractivity contribution in [2.75, 3.05) is 20.1 Å². The highest BCUT2D eigenvalue weighted by molar-refractivity contribution is 5.94. The van der Waals surface area contributed by atoms with Crippen LogP contribution in [-0.4, -0.2) is 47.0 Å². The summed E-state index contributed by atoms with van der Waals surface area (Å²) >= 11 is 0. The highest BCUT2D eigenvalue weighted by Crippen LogP contribution is 2.17. The predicted octanol–water partition coefficient (Wildman–Crippen LogP) is 0.999. The molecule has 0 unspecified atom stereocenters. The number of aryl methyl sites for hydroxylation is 1. The molecule has 0 aliphatic carbocycles. The molecule has 2 rings (SSSR count). The molecule has 1 N–H and O–H groups in total. The zero-order valence-corrected chi connectivity index (χ0v) is 11.0. The molecule has 0 saturated carbocycles. The van der Waals surface area contributed by atoms with Crippen molar-refractivity contribution in [3.63, 3.8) is 0 Å². The summed E-state index contributed by atoms with van der Waals surface area (Å²) in [4.78, 5) is 22.2. The van der Waals surface area contributed by atoms with Crippen LogP contribution in [0.3, 0.4) is 0 Å².